The van der Waals surface area contributed by atoms with Crippen LogP contribution < -0.4 is 10.6 Å². The Balaban J connectivity index is 1.76. The first-order valence-corrected chi connectivity index (χ1v) is 8.76. The van der Waals surface area contributed by atoms with Crippen LogP contribution in [0.25, 0.3) is 0 Å². The number of morpholine rings is 1. The highest BCUT2D eigenvalue weighted by Gasteiger charge is 2.09. The molecule has 1 saturated heterocycles. The number of guanidine groups is 1. The molecule has 2 N–H and O–H groups in total. The third-order valence-corrected chi connectivity index (χ3v) is 4.13. The molecule has 1 aliphatic rings. The van der Waals surface area contributed by atoms with Gasteiger partial charge in [-0.3, -0.25) is 9.89 Å². The maximum absolute atomic E-state index is 13.1. The summed E-state index contributed by atoms with van der Waals surface area (Å²) in [5.41, 5.74) is 2.15. The predicted octanol–water partition coefficient (Wildman–Crippen LogP) is 1.56. The first-order chi connectivity index (χ1) is 11.7. The highest BCUT2D eigenvalue weighted by Crippen LogP contribution is 2.10. The van der Waals surface area contributed by atoms with Crippen LogP contribution in [0.5, 0.6) is 0 Å². The molecule has 0 bridgehead atoms. The minimum absolute atomic E-state index is 0.178. The fourth-order valence-electron chi connectivity index (χ4n) is 2.73. The average molecular weight is 336 g/mol. The summed E-state index contributed by atoms with van der Waals surface area (Å²) in [5.74, 6) is 0.660. The predicted molar refractivity (Wildman–Crippen MR) is 96.1 cm³/mol. The molecule has 6 heteroatoms. The number of halogens is 1. The highest BCUT2D eigenvalue weighted by atomic mass is 19.1. The monoisotopic (exact) mass is 336 g/mol. The van der Waals surface area contributed by atoms with Crippen molar-refractivity contribution in [2.24, 2.45) is 4.99 Å². The third kappa shape index (κ3) is 6.45. The van der Waals surface area contributed by atoms with Gasteiger partial charge in [0.1, 0.15) is 5.82 Å². The van der Waals surface area contributed by atoms with E-state index < -0.39 is 0 Å². The minimum Gasteiger partial charge on any atom is -0.379 e. The van der Waals surface area contributed by atoms with E-state index in [0.717, 1.165) is 76.0 Å². The quantitative estimate of drug-likeness (QED) is 0.586. The summed E-state index contributed by atoms with van der Waals surface area (Å²) >= 11 is 0. The molecule has 1 fully saturated rings. The standard InChI is InChI=1S/C18H29FN4O/c1-3-20-18(22-8-9-23-10-12-24-13-11-23)21-7-6-16-4-5-17(19)14-15(16)2/h4-5,14H,3,6-13H2,1-2H3,(H2,20,21,22). The fraction of sp³-hybridized carbons (Fsp3) is 0.611. The molecule has 1 aliphatic heterocycles. The Bertz CT molecular complexity index is 530. The molecular formula is C18H29FN4O. The van der Waals surface area contributed by atoms with Crippen molar-refractivity contribution >= 4 is 5.96 Å². The third-order valence-electron chi connectivity index (χ3n) is 4.13. The van der Waals surface area contributed by atoms with Gasteiger partial charge in [0, 0.05) is 32.7 Å². The van der Waals surface area contributed by atoms with Crippen molar-refractivity contribution in [1.82, 2.24) is 15.5 Å². The van der Waals surface area contributed by atoms with Crippen LogP contribution in [0.1, 0.15) is 18.1 Å². The molecule has 0 unspecified atom stereocenters. The Hall–Kier alpha value is -1.66. The van der Waals surface area contributed by atoms with Crippen LogP contribution in [-0.2, 0) is 11.2 Å². The van der Waals surface area contributed by atoms with E-state index in [1.165, 1.54) is 6.07 Å². The summed E-state index contributed by atoms with van der Waals surface area (Å²) in [6.07, 6.45) is 0.847. The number of hydrogen-bond donors (Lipinski definition) is 2. The van der Waals surface area contributed by atoms with Gasteiger partial charge in [-0.2, -0.15) is 0 Å². The van der Waals surface area contributed by atoms with Crippen LogP contribution in [0.3, 0.4) is 0 Å². The molecule has 2 rings (SSSR count). The average Bonchev–Trinajstić information content (AvgIpc) is 2.58. The number of ether oxygens (including phenoxy) is 1. The number of aliphatic imine (C=N–C) groups is 1. The van der Waals surface area contributed by atoms with E-state index in [-0.39, 0.29) is 5.82 Å². The van der Waals surface area contributed by atoms with Crippen molar-refractivity contribution < 1.29 is 9.13 Å². The molecule has 0 saturated carbocycles. The Morgan fingerprint density at radius 2 is 2.08 bits per heavy atom. The summed E-state index contributed by atoms with van der Waals surface area (Å²) in [7, 11) is 0. The van der Waals surface area contributed by atoms with Crippen molar-refractivity contribution in [2.45, 2.75) is 20.3 Å². The smallest absolute Gasteiger partial charge is 0.191 e. The van der Waals surface area contributed by atoms with Gasteiger partial charge in [-0.1, -0.05) is 6.07 Å². The maximum atomic E-state index is 13.1. The SMILES string of the molecule is CCNC(=NCCN1CCOCC1)NCCc1ccc(F)cc1C. The molecule has 0 aromatic heterocycles. The number of nitrogens with zero attached hydrogens (tertiary/aromatic N) is 2. The summed E-state index contributed by atoms with van der Waals surface area (Å²) in [6, 6.07) is 4.95. The van der Waals surface area contributed by atoms with Gasteiger partial charge in [0.15, 0.2) is 5.96 Å². The van der Waals surface area contributed by atoms with Gasteiger partial charge in [0.05, 0.1) is 19.8 Å². The maximum Gasteiger partial charge on any atom is 0.191 e. The van der Waals surface area contributed by atoms with E-state index in [2.05, 4.69) is 27.4 Å². The van der Waals surface area contributed by atoms with Crippen molar-refractivity contribution in [2.75, 3.05) is 52.5 Å². The number of rotatable bonds is 7. The van der Waals surface area contributed by atoms with Gasteiger partial charge < -0.3 is 15.4 Å². The van der Waals surface area contributed by atoms with Crippen LogP contribution in [0, 0.1) is 12.7 Å². The summed E-state index contributed by atoms with van der Waals surface area (Å²) in [5, 5.41) is 6.62. The van der Waals surface area contributed by atoms with Crippen LogP contribution in [0.4, 0.5) is 4.39 Å². The Labute approximate surface area is 144 Å². The lowest BCUT2D eigenvalue weighted by Crippen LogP contribution is -2.40. The zero-order chi connectivity index (χ0) is 17.2. The second kappa shape index (κ2) is 10.3. The van der Waals surface area contributed by atoms with Crippen LogP contribution in [-0.4, -0.2) is 63.3 Å². The molecular weight excluding hydrogens is 307 g/mol. The molecule has 0 radical (unpaired) electrons. The Morgan fingerprint density at radius 1 is 1.29 bits per heavy atom. The lowest BCUT2D eigenvalue weighted by atomic mass is 10.1. The van der Waals surface area contributed by atoms with Crippen LogP contribution >= 0.6 is 0 Å². The first-order valence-electron chi connectivity index (χ1n) is 8.76. The second-order valence-electron chi connectivity index (χ2n) is 5.96. The van der Waals surface area contributed by atoms with Gasteiger partial charge in [-0.15, -0.1) is 0 Å². The summed E-state index contributed by atoms with van der Waals surface area (Å²) in [6.45, 7) is 10.9. The molecule has 1 heterocycles. The lowest BCUT2D eigenvalue weighted by molar-refractivity contribution is 0.0394. The van der Waals surface area contributed by atoms with Gasteiger partial charge >= 0.3 is 0 Å². The second-order valence-corrected chi connectivity index (χ2v) is 5.96. The van der Waals surface area contributed by atoms with E-state index in [9.17, 15) is 4.39 Å². The summed E-state index contributed by atoms with van der Waals surface area (Å²) < 4.78 is 18.5. The normalized spacial score (nSPS) is 16.2. The number of hydrogen-bond acceptors (Lipinski definition) is 3. The van der Waals surface area contributed by atoms with Crippen molar-refractivity contribution in [3.8, 4) is 0 Å². The van der Waals surface area contributed by atoms with E-state index >= 15 is 0 Å². The van der Waals surface area contributed by atoms with Crippen molar-refractivity contribution in [1.29, 1.82) is 0 Å². The largest absolute Gasteiger partial charge is 0.379 e. The van der Waals surface area contributed by atoms with E-state index in [1.807, 2.05) is 13.0 Å². The molecule has 0 spiro atoms. The Kier molecular flexibility index (Phi) is 7.98. The van der Waals surface area contributed by atoms with Gasteiger partial charge in [0.25, 0.3) is 0 Å². The fourth-order valence-corrected chi connectivity index (χ4v) is 2.73. The van der Waals surface area contributed by atoms with E-state index in [1.54, 1.807) is 6.07 Å². The lowest BCUT2D eigenvalue weighted by Gasteiger charge is -2.25. The number of benzene rings is 1. The first kappa shape index (κ1) is 18.7. The Morgan fingerprint density at radius 3 is 2.79 bits per heavy atom. The van der Waals surface area contributed by atoms with Crippen molar-refractivity contribution in [3.05, 3.63) is 35.1 Å². The van der Waals surface area contributed by atoms with Crippen LogP contribution in [0.15, 0.2) is 23.2 Å². The van der Waals surface area contributed by atoms with Crippen LogP contribution in [0.2, 0.25) is 0 Å². The van der Waals surface area contributed by atoms with Gasteiger partial charge in [-0.25, -0.2) is 4.39 Å². The van der Waals surface area contributed by atoms with E-state index in [0.29, 0.717) is 0 Å². The molecule has 5 nitrogen and oxygen atoms in total. The molecule has 1 aromatic rings. The topological polar surface area (TPSA) is 48.9 Å². The number of aryl methyl sites for hydroxylation is 1. The zero-order valence-corrected chi connectivity index (χ0v) is 14.8. The molecule has 1 aromatic carbocycles. The molecule has 134 valence electrons. The zero-order valence-electron chi connectivity index (χ0n) is 14.8. The van der Waals surface area contributed by atoms with Crippen molar-refractivity contribution in [3.63, 3.8) is 0 Å². The minimum atomic E-state index is -0.178. The number of nitrogens with one attached hydrogen (secondary N) is 2. The molecule has 24 heavy (non-hydrogen) atoms. The molecule has 0 atom stereocenters. The highest BCUT2D eigenvalue weighted by molar-refractivity contribution is 5.79. The molecule has 0 aliphatic carbocycles. The van der Waals surface area contributed by atoms with Gasteiger partial charge in [-0.05, 0) is 43.5 Å². The molecule has 0 amide bonds. The van der Waals surface area contributed by atoms with Gasteiger partial charge in [0.2, 0.25) is 0 Å². The summed E-state index contributed by atoms with van der Waals surface area (Å²) in [4.78, 5) is 7.00. The van der Waals surface area contributed by atoms with E-state index in [4.69, 9.17) is 4.74 Å².